The molecule has 1 aliphatic heterocycles. The van der Waals surface area contributed by atoms with E-state index in [1.54, 1.807) is 0 Å². The molecule has 2 fully saturated rings. The van der Waals surface area contributed by atoms with Crippen LogP contribution in [0.1, 0.15) is 54.5 Å². The number of hydrogen-bond donors (Lipinski definition) is 1. The van der Waals surface area contributed by atoms with Crippen LogP contribution >= 0.6 is 0 Å². The average Bonchev–Trinajstić information content (AvgIpc) is 3.24. The van der Waals surface area contributed by atoms with Gasteiger partial charge in [-0.15, -0.1) is 0 Å². The van der Waals surface area contributed by atoms with Gasteiger partial charge in [0.05, 0.1) is 19.3 Å². The summed E-state index contributed by atoms with van der Waals surface area (Å²) < 4.78 is 16.6. The van der Waals surface area contributed by atoms with Crippen LogP contribution in [0.2, 0.25) is 0 Å². The lowest BCUT2D eigenvalue weighted by Crippen LogP contribution is -2.32. The van der Waals surface area contributed by atoms with E-state index in [0.29, 0.717) is 37.3 Å². The van der Waals surface area contributed by atoms with Gasteiger partial charge in [0.25, 0.3) is 5.91 Å². The molecule has 1 aliphatic carbocycles. The minimum atomic E-state index is -0.208. The molecule has 1 saturated carbocycles. The summed E-state index contributed by atoms with van der Waals surface area (Å²) in [5, 5.41) is 2.89. The number of carbonyl (C=O) groups excluding carboxylic acids is 1. The fourth-order valence-electron chi connectivity index (χ4n) is 3.61. The molecular formula is C22H29N3O4. The van der Waals surface area contributed by atoms with Crippen LogP contribution < -0.4 is 10.1 Å². The Morgan fingerprint density at radius 2 is 2.07 bits per heavy atom. The van der Waals surface area contributed by atoms with Crippen LogP contribution in [0.4, 0.5) is 0 Å². The van der Waals surface area contributed by atoms with Crippen molar-refractivity contribution in [3.05, 3.63) is 47.7 Å². The molecule has 1 aromatic carbocycles. The number of amides is 1. The molecule has 4 rings (SSSR count). The van der Waals surface area contributed by atoms with Crippen molar-refractivity contribution >= 4 is 5.91 Å². The van der Waals surface area contributed by atoms with E-state index in [0.717, 1.165) is 31.7 Å². The van der Waals surface area contributed by atoms with Gasteiger partial charge in [0.15, 0.2) is 5.69 Å². The third-order valence-electron chi connectivity index (χ3n) is 5.32. The Balaban J connectivity index is 1.32. The van der Waals surface area contributed by atoms with E-state index in [1.165, 1.54) is 24.7 Å². The van der Waals surface area contributed by atoms with E-state index in [9.17, 15) is 4.79 Å². The number of nitrogens with zero attached hydrogens (tertiary/aromatic N) is 2. The van der Waals surface area contributed by atoms with Crippen LogP contribution in [0.25, 0.3) is 0 Å². The first-order valence-corrected chi connectivity index (χ1v) is 10.5. The van der Waals surface area contributed by atoms with E-state index >= 15 is 0 Å². The summed E-state index contributed by atoms with van der Waals surface area (Å²) in [7, 11) is 0. The van der Waals surface area contributed by atoms with E-state index in [2.05, 4.69) is 27.3 Å². The summed E-state index contributed by atoms with van der Waals surface area (Å²) in [6, 6.07) is 8.75. The van der Waals surface area contributed by atoms with Gasteiger partial charge in [-0.25, -0.2) is 4.98 Å². The summed E-state index contributed by atoms with van der Waals surface area (Å²) in [6.45, 7) is 5.36. The predicted molar refractivity (Wildman–Crippen MR) is 108 cm³/mol. The highest BCUT2D eigenvalue weighted by Crippen LogP contribution is 2.30. The van der Waals surface area contributed by atoms with Gasteiger partial charge in [0.1, 0.15) is 12.0 Å². The number of aromatic nitrogens is 1. The molecule has 1 amide bonds. The van der Waals surface area contributed by atoms with Crippen molar-refractivity contribution in [2.45, 2.75) is 57.8 Å². The van der Waals surface area contributed by atoms with Crippen molar-refractivity contribution in [1.29, 1.82) is 0 Å². The summed E-state index contributed by atoms with van der Waals surface area (Å²) in [6.07, 6.45) is 5.98. The highest BCUT2D eigenvalue weighted by atomic mass is 16.5. The molecule has 7 nitrogen and oxygen atoms in total. The molecule has 1 N–H and O–H groups in total. The first-order valence-electron chi connectivity index (χ1n) is 10.5. The van der Waals surface area contributed by atoms with Crippen molar-refractivity contribution < 1.29 is 18.7 Å². The Labute approximate surface area is 171 Å². The molecule has 0 bridgehead atoms. The zero-order valence-corrected chi connectivity index (χ0v) is 16.9. The molecule has 0 spiro atoms. The van der Waals surface area contributed by atoms with Gasteiger partial charge in [-0.2, -0.15) is 0 Å². The van der Waals surface area contributed by atoms with Gasteiger partial charge in [-0.3, -0.25) is 9.69 Å². The lowest BCUT2D eigenvalue weighted by Gasteiger charge is -2.20. The molecule has 2 aliphatic rings. The minimum Gasteiger partial charge on any atom is -0.494 e. The maximum absolute atomic E-state index is 12.3. The maximum atomic E-state index is 12.3. The normalized spacial score (nSPS) is 18.9. The minimum absolute atomic E-state index is 0.116. The van der Waals surface area contributed by atoms with Gasteiger partial charge in [-0.05, 0) is 50.3 Å². The topological polar surface area (TPSA) is 76.8 Å². The summed E-state index contributed by atoms with van der Waals surface area (Å²) in [5.41, 5.74) is 1.55. The number of ether oxygens (including phenoxy) is 2. The van der Waals surface area contributed by atoms with Crippen LogP contribution in [-0.2, 0) is 17.8 Å². The molecule has 156 valence electrons. The number of carbonyl (C=O) groups is 1. The first kappa shape index (κ1) is 19.9. The van der Waals surface area contributed by atoms with E-state index in [4.69, 9.17) is 13.9 Å². The fourth-order valence-corrected chi connectivity index (χ4v) is 3.61. The number of nitrogens with one attached hydrogen (secondary N) is 1. The zero-order chi connectivity index (χ0) is 20.1. The molecule has 29 heavy (non-hydrogen) atoms. The van der Waals surface area contributed by atoms with Crippen molar-refractivity contribution in [3.8, 4) is 5.75 Å². The number of oxazole rings is 1. The van der Waals surface area contributed by atoms with Gasteiger partial charge in [-0.1, -0.05) is 12.1 Å². The van der Waals surface area contributed by atoms with Crippen LogP contribution in [0.5, 0.6) is 5.75 Å². The van der Waals surface area contributed by atoms with Crippen LogP contribution in [-0.4, -0.2) is 47.7 Å². The second-order valence-electron chi connectivity index (χ2n) is 7.68. The quantitative estimate of drug-likeness (QED) is 0.661. The average molecular weight is 399 g/mol. The molecule has 7 heteroatoms. The van der Waals surface area contributed by atoms with Gasteiger partial charge in [0.2, 0.25) is 5.89 Å². The van der Waals surface area contributed by atoms with Crippen LogP contribution in [0.3, 0.4) is 0 Å². The summed E-state index contributed by atoms with van der Waals surface area (Å²) >= 11 is 0. The maximum Gasteiger partial charge on any atom is 0.273 e. The smallest absolute Gasteiger partial charge is 0.273 e. The second-order valence-corrected chi connectivity index (χ2v) is 7.68. The number of hydrogen-bond acceptors (Lipinski definition) is 6. The molecule has 1 atom stereocenters. The third kappa shape index (κ3) is 5.58. The third-order valence-corrected chi connectivity index (χ3v) is 5.32. The van der Waals surface area contributed by atoms with E-state index in [-0.39, 0.29) is 12.0 Å². The SMILES string of the molecule is CCOc1ccc(CN(Cc2nc(C(=O)NCC3CCCO3)co2)C2CC2)cc1. The summed E-state index contributed by atoms with van der Waals surface area (Å²) in [4.78, 5) is 19.1. The second kappa shape index (κ2) is 9.41. The van der Waals surface area contributed by atoms with Crippen LogP contribution in [0, 0.1) is 0 Å². The van der Waals surface area contributed by atoms with Gasteiger partial charge >= 0.3 is 0 Å². The lowest BCUT2D eigenvalue weighted by atomic mass is 10.2. The Morgan fingerprint density at radius 1 is 1.24 bits per heavy atom. The predicted octanol–water partition coefficient (Wildman–Crippen LogP) is 3.15. The van der Waals surface area contributed by atoms with Crippen molar-refractivity contribution in [2.24, 2.45) is 0 Å². The van der Waals surface area contributed by atoms with Crippen molar-refractivity contribution in [1.82, 2.24) is 15.2 Å². The Kier molecular flexibility index (Phi) is 6.46. The molecule has 1 saturated heterocycles. The summed E-state index contributed by atoms with van der Waals surface area (Å²) in [5.74, 6) is 1.26. The largest absolute Gasteiger partial charge is 0.494 e. The van der Waals surface area contributed by atoms with Crippen molar-refractivity contribution in [2.75, 3.05) is 19.8 Å². The lowest BCUT2D eigenvalue weighted by molar-refractivity contribution is 0.0853. The molecule has 2 aromatic rings. The van der Waals surface area contributed by atoms with Gasteiger partial charge in [0, 0.05) is 25.7 Å². The monoisotopic (exact) mass is 399 g/mol. The number of benzene rings is 1. The fraction of sp³-hybridized carbons (Fsp3) is 0.545. The molecule has 1 unspecified atom stereocenters. The highest BCUT2D eigenvalue weighted by molar-refractivity contribution is 5.91. The number of rotatable bonds is 10. The van der Waals surface area contributed by atoms with Crippen LogP contribution in [0.15, 0.2) is 34.9 Å². The Hall–Kier alpha value is -2.38. The molecular weight excluding hydrogens is 370 g/mol. The standard InChI is InChI=1S/C22H29N3O4/c1-2-27-18-9-5-16(6-10-18)13-25(17-7-8-17)14-21-24-20(15-29-21)22(26)23-12-19-4-3-11-28-19/h5-6,9-10,15,17,19H,2-4,7-8,11-14H2,1H3,(H,23,26). The van der Waals surface area contributed by atoms with Crippen molar-refractivity contribution in [3.63, 3.8) is 0 Å². The van der Waals surface area contributed by atoms with Gasteiger partial charge < -0.3 is 19.2 Å². The van der Waals surface area contributed by atoms with E-state index in [1.807, 2.05) is 19.1 Å². The Bertz CT molecular complexity index is 795. The molecule has 0 radical (unpaired) electrons. The molecule has 1 aromatic heterocycles. The van der Waals surface area contributed by atoms with E-state index < -0.39 is 0 Å². The Morgan fingerprint density at radius 3 is 2.76 bits per heavy atom. The zero-order valence-electron chi connectivity index (χ0n) is 16.9. The highest BCUT2D eigenvalue weighted by Gasteiger charge is 2.30. The first-order chi connectivity index (χ1) is 14.2. The molecule has 2 heterocycles.